The highest BCUT2D eigenvalue weighted by atomic mass is 16.6. The van der Waals surface area contributed by atoms with E-state index >= 15 is 0 Å². The number of rotatable bonds is 7. The molecule has 200 valence electrons. The highest BCUT2D eigenvalue weighted by Crippen LogP contribution is 2.53. The number of carbonyl (C=O) groups is 3. The SMILES string of the molecule is COc1cc(C2NC(CC3CCCCC3)(C(=O)O)C3C(=O)N(c4cccc([N+](=O)[O-])c4)C(=O)C23)ccc1O. The Kier molecular flexibility index (Phi) is 6.56. The van der Waals surface area contributed by atoms with Gasteiger partial charge in [0.2, 0.25) is 11.8 Å². The molecule has 1 saturated carbocycles. The van der Waals surface area contributed by atoms with Crippen molar-refractivity contribution in [1.29, 1.82) is 0 Å². The maximum Gasteiger partial charge on any atom is 0.324 e. The number of hydrogen-bond donors (Lipinski definition) is 3. The van der Waals surface area contributed by atoms with Crippen LogP contribution in [0.5, 0.6) is 11.5 Å². The molecular weight excluding hydrogens is 494 g/mol. The average molecular weight is 524 g/mol. The number of imide groups is 1. The van der Waals surface area contributed by atoms with Crippen LogP contribution < -0.4 is 15.0 Å². The van der Waals surface area contributed by atoms with Crippen molar-refractivity contribution in [3.05, 3.63) is 58.1 Å². The minimum Gasteiger partial charge on any atom is -0.504 e. The van der Waals surface area contributed by atoms with Gasteiger partial charge in [0.1, 0.15) is 5.54 Å². The van der Waals surface area contributed by atoms with Crippen molar-refractivity contribution in [1.82, 2.24) is 5.32 Å². The molecule has 2 amide bonds. The molecule has 3 fully saturated rings. The summed E-state index contributed by atoms with van der Waals surface area (Å²) in [4.78, 5) is 52.5. The molecule has 4 unspecified atom stereocenters. The van der Waals surface area contributed by atoms with E-state index in [1.165, 1.54) is 37.4 Å². The molecule has 4 atom stereocenters. The first-order valence-corrected chi connectivity index (χ1v) is 12.7. The van der Waals surface area contributed by atoms with E-state index in [0.717, 1.165) is 43.1 Å². The molecule has 2 heterocycles. The number of nitrogens with zero attached hydrogens (tertiary/aromatic N) is 2. The molecule has 11 heteroatoms. The zero-order chi connectivity index (χ0) is 27.2. The Bertz CT molecular complexity index is 1310. The average Bonchev–Trinajstić information content (AvgIpc) is 3.38. The van der Waals surface area contributed by atoms with Crippen molar-refractivity contribution < 1.29 is 34.3 Å². The van der Waals surface area contributed by atoms with Gasteiger partial charge in [0.25, 0.3) is 5.69 Å². The largest absolute Gasteiger partial charge is 0.504 e. The van der Waals surface area contributed by atoms with Crippen LogP contribution in [-0.4, -0.2) is 45.6 Å². The number of amides is 2. The fourth-order valence-electron chi connectivity index (χ4n) is 6.50. The van der Waals surface area contributed by atoms with Crippen LogP contribution in [-0.2, 0) is 14.4 Å². The lowest BCUT2D eigenvalue weighted by Crippen LogP contribution is -2.57. The molecule has 3 aliphatic rings. The molecule has 3 N–H and O–H groups in total. The summed E-state index contributed by atoms with van der Waals surface area (Å²) in [5.74, 6) is -4.74. The number of methoxy groups -OCH3 is 1. The number of ether oxygens (including phenoxy) is 1. The number of phenols is 1. The van der Waals surface area contributed by atoms with Crippen LogP contribution >= 0.6 is 0 Å². The number of nitrogens with one attached hydrogen (secondary N) is 1. The first-order valence-electron chi connectivity index (χ1n) is 12.7. The van der Waals surface area contributed by atoms with Crippen molar-refractivity contribution in [3.63, 3.8) is 0 Å². The zero-order valence-corrected chi connectivity index (χ0v) is 20.8. The van der Waals surface area contributed by atoms with Crippen molar-refractivity contribution in [2.24, 2.45) is 17.8 Å². The highest BCUT2D eigenvalue weighted by Gasteiger charge is 2.69. The highest BCUT2D eigenvalue weighted by molar-refractivity contribution is 6.24. The number of aromatic hydroxyl groups is 1. The van der Waals surface area contributed by atoms with Crippen molar-refractivity contribution in [2.75, 3.05) is 12.0 Å². The maximum atomic E-state index is 14.0. The standard InChI is InChI=1S/C27H29N3O8/c1-38-20-12-16(10-11-19(20)31)23-21-22(27(28-23,26(34)35)14-15-6-3-2-4-7-15)25(33)29(24(21)32)17-8-5-9-18(13-17)30(36)37/h5,8-13,15,21-23,28,31H,2-4,6-7,14H2,1H3,(H,34,35). The number of carbonyl (C=O) groups excluding carboxylic acids is 2. The van der Waals surface area contributed by atoms with Crippen LogP contribution in [0.15, 0.2) is 42.5 Å². The first-order chi connectivity index (χ1) is 18.2. The number of fused-ring (bicyclic) bond motifs is 1. The monoisotopic (exact) mass is 523 g/mol. The summed E-state index contributed by atoms with van der Waals surface area (Å²) < 4.78 is 5.23. The van der Waals surface area contributed by atoms with Gasteiger partial charge in [-0.15, -0.1) is 0 Å². The second-order valence-electron chi connectivity index (χ2n) is 10.3. The number of non-ortho nitro benzene ring substituents is 1. The Morgan fingerprint density at radius 3 is 2.55 bits per heavy atom. The van der Waals surface area contributed by atoms with E-state index in [1.807, 2.05) is 0 Å². The number of carboxylic acids is 1. The molecule has 5 rings (SSSR count). The summed E-state index contributed by atoms with van der Waals surface area (Å²) in [6, 6.07) is 8.84. The molecule has 2 saturated heterocycles. The summed E-state index contributed by atoms with van der Waals surface area (Å²) >= 11 is 0. The Morgan fingerprint density at radius 2 is 1.89 bits per heavy atom. The summed E-state index contributed by atoms with van der Waals surface area (Å²) in [5, 5.41) is 35.3. The van der Waals surface area contributed by atoms with Crippen molar-refractivity contribution in [2.45, 2.75) is 50.1 Å². The third-order valence-electron chi connectivity index (χ3n) is 8.23. The second kappa shape index (κ2) is 9.71. The van der Waals surface area contributed by atoms with Crippen LogP contribution in [0.4, 0.5) is 11.4 Å². The number of benzene rings is 2. The van der Waals surface area contributed by atoms with Crippen LogP contribution in [0.1, 0.15) is 50.1 Å². The van der Waals surface area contributed by atoms with Crippen molar-refractivity contribution >= 4 is 29.2 Å². The van der Waals surface area contributed by atoms with Gasteiger partial charge in [0.15, 0.2) is 11.5 Å². The Labute approximate surface area is 218 Å². The molecule has 2 aliphatic heterocycles. The Morgan fingerprint density at radius 1 is 1.16 bits per heavy atom. The van der Waals surface area contributed by atoms with Crippen LogP contribution in [0, 0.1) is 27.9 Å². The van der Waals surface area contributed by atoms with Gasteiger partial charge in [0.05, 0.1) is 29.6 Å². The number of carboxylic acid groups (broad SMARTS) is 1. The van der Waals surface area contributed by atoms with E-state index < -0.39 is 46.1 Å². The molecule has 0 radical (unpaired) electrons. The second-order valence-corrected chi connectivity index (χ2v) is 10.3. The normalized spacial score (nSPS) is 27.4. The minimum absolute atomic E-state index is 0.0302. The first kappa shape index (κ1) is 25.7. The van der Waals surface area contributed by atoms with Gasteiger partial charge < -0.3 is 14.9 Å². The van der Waals surface area contributed by atoms with E-state index in [1.54, 1.807) is 6.07 Å². The summed E-state index contributed by atoms with van der Waals surface area (Å²) in [6.07, 6.45) is 4.87. The lowest BCUT2D eigenvalue weighted by molar-refractivity contribution is -0.384. The Balaban J connectivity index is 1.63. The fraction of sp³-hybridized carbons (Fsp3) is 0.444. The maximum absolute atomic E-state index is 14.0. The van der Waals surface area contributed by atoms with Crippen molar-refractivity contribution in [3.8, 4) is 11.5 Å². The quantitative estimate of drug-likeness (QED) is 0.280. The third kappa shape index (κ3) is 4.07. The van der Waals surface area contributed by atoms with Crippen LogP contribution in [0.2, 0.25) is 0 Å². The van der Waals surface area contributed by atoms with Gasteiger partial charge >= 0.3 is 5.97 Å². The van der Waals surface area contributed by atoms with E-state index in [-0.39, 0.29) is 35.2 Å². The predicted octanol–water partition coefficient (Wildman–Crippen LogP) is 3.55. The van der Waals surface area contributed by atoms with E-state index in [2.05, 4.69) is 5.32 Å². The number of nitro benzene ring substituents is 1. The molecule has 1 aliphatic carbocycles. The number of aliphatic carboxylic acids is 1. The molecule has 38 heavy (non-hydrogen) atoms. The van der Waals surface area contributed by atoms with Gasteiger partial charge in [-0.05, 0) is 36.1 Å². The molecule has 0 spiro atoms. The lowest BCUT2D eigenvalue weighted by Gasteiger charge is -2.35. The summed E-state index contributed by atoms with van der Waals surface area (Å²) in [7, 11) is 1.38. The lowest BCUT2D eigenvalue weighted by atomic mass is 9.72. The molecule has 2 aromatic rings. The molecule has 0 bridgehead atoms. The number of anilines is 1. The minimum atomic E-state index is -1.72. The smallest absolute Gasteiger partial charge is 0.324 e. The molecule has 2 aromatic carbocycles. The van der Waals surface area contributed by atoms with Gasteiger partial charge in [-0.1, -0.05) is 44.2 Å². The van der Waals surface area contributed by atoms with Gasteiger partial charge in [0, 0.05) is 18.2 Å². The number of hydrogen-bond acceptors (Lipinski definition) is 8. The van der Waals surface area contributed by atoms with E-state index in [4.69, 9.17) is 4.74 Å². The molecular formula is C27H29N3O8. The van der Waals surface area contributed by atoms with Crippen LogP contribution in [0.25, 0.3) is 0 Å². The van der Waals surface area contributed by atoms with Gasteiger partial charge in [-0.3, -0.25) is 29.8 Å². The van der Waals surface area contributed by atoms with E-state index in [9.17, 15) is 34.7 Å². The van der Waals surface area contributed by atoms with Gasteiger partial charge in [-0.25, -0.2) is 4.90 Å². The molecule has 0 aromatic heterocycles. The Hall–Kier alpha value is -3.99. The number of nitro groups is 1. The fourth-order valence-corrected chi connectivity index (χ4v) is 6.50. The summed E-state index contributed by atoms with van der Waals surface area (Å²) in [5.41, 5.74) is -1.49. The van der Waals surface area contributed by atoms with Crippen LogP contribution in [0.3, 0.4) is 0 Å². The predicted molar refractivity (Wildman–Crippen MR) is 135 cm³/mol. The third-order valence-corrected chi connectivity index (χ3v) is 8.23. The molecule has 11 nitrogen and oxygen atoms in total. The van der Waals surface area contributed by atoms with E-state index in [0.29, 0.717) is 5.56 Å². The zero-order valence-electron chi connectivity index (χ0n) is 20.8. The number of phenolic OH excluding ortho intramolecular Hbond substituents is 1. The van der Waals surface area contributed by atoms with Gasteiger partial charge in [-0.2, -0.15) is 0 Å². The summed E-state index contributed by atoms with van der Waals surface area (Å²) in [6.45, 7) is 0. The topological polar surface area (TPSA) is 159 Å².